The Kier molecular flexibility index (Phi) is 2.34. The zero-order chi connectivity index (χ0) is 11.8. The first-order chi connectivity index (χ1) is 7.50. The first kappa shape index (κ1) is 10.5. The quantitative estimate of drug-likeness (QED) is 0.798. The van der Waals surface area contributed by atoms with E-state index < -0.39 is 23.3 Å². The van der Waals surface area contributed by atoms with Crippen molar-refractivity contribution in [2.24, 2.45) is 0 Å². The molecule has 83 valence electrons. The zero-order valence-electron chi connectivity index (χ0n) is 7.88. The summed E-state index contributed by atoms with van der Waals surface area (Å²) in [5.41, 5.74) is -1.41. The molecule has 0 fully saturated rings. The van der Waals surface area contributed by atoms with Crippen LogP contribution < -0.4 is 0 Å². The predicted molar refractivity (Wildman–Crippen MR) is 49.2 cm³/mol. The van der Waals surface area contributed by atoms with E-state index in [1.165, 1.54) is 12.1 Å². The van der Waals surface area contributed by atoms with Crippen molar-refractivity contribution in [2.45, 2.75) is 6.18 Å². The Balaban J connectivity index is 2.61. The lowest BCUT2D eigenvalue weighted by atomic mass is 10.1. The Morgan fingerprint density at radius 1 is 1.12 bits per heavy atom. The topological polar surface area (TPSA) is 48.6 Å². The van der Waals surface area contributed by atoms with Gasteiger partial charge in [-0.15, -0.1) is 0 Å². The van der Waals surface area contributed by atoms with Crippen molar-refractivity contribution >= 4 is 0 Å². The van der Waals surface area contributed by atoms with E-state index in [2.05, 4.69) is 5.10 Å². The van der Waals surface area contributed by atoms with E-state index in [1.54, 1.807) is 18.2 Å². The highest BCUT2D eigenvalue weighted by molar-refractivity contribution is 5.71. The van der Waals surface area contributed by atoms with Gasteiger partial charge >= 0.3 is 6.18 Å². The van der Waals surface area contributed by atoms with Crippen LogP contribution in [0.25, 0.3) is 11.1 Å². The fraction of sp³-hybridized carbons (Fsp3) is 0.100. The molecule has 0 bridgehead atoms. The number of nitrogens with zero attached hydrogens (tertiary/aromatic N) is 1. The monoisotopic (exact) mass is 227 g/mol. The van der Waals surface area contributed by atoms with E-state index >= 15 is 0 Å². The maximum Gasteiger partial charge on any atom is 0.435 e. The first-order valence-electron chi connectivity index (χ1n) is 4.38. The number of H-pyrrole nitrogens is 1. The molecule has 0 saturated heterocycles. The molecule has 1 heterocycles. The average molecular weight is 227 g/mol. The third-order valence-electron chi connectivity index (χ3n) is 2.06. The average Bonchev–Trinajstić information content (AvgIpc) is 2.61. The van der Waals surface area contributed by atoms with E-state index in [9.17, 15) is 18.3 Å². The van der Waals surface area contributed by atoms with Gasteiger partial charge in [0.15, 0.2) is 5.69 Å². The highest BCUT2D eigenvalue weighted by Gasteiger charge is 2.39. The molecule has 1 aromatic carbocycles. The Hall–Kier alpha value is -1.98. The molecule has 1 N–H and O–H groups in total. The molecular weight excluding hydrogens is 221 g/mol. The van der Waals surface area contributed by atoms with Crippen LogP contribution in [0.5, 0.6) is 5.88 Å². The van der Waals surface area contributed by atoms with Crippen LogP contribution in [0.2, 0.25) is 0 Å². The largest absolute Gasteiger partial charge is 0.435 e. The minimum atomic E-state index is -4.63. The number of aromatic amines is 1. The molecule has 1 aromatic heterocycles. The Bertz CT molecular complexity index is 491. The molecule has 16 heavy (non-hydrogen) atoms. The molecule has 0 aliphatic carbocycles. The number of nitrogens with one attached hydrogen (secondary N) is 1. The molecule has 6 heteroatoms. The summed E-state index contributed by atoms with van der Waals surface area (Å²) in [4.78, 5) is 0. The second kappa shape index (κ2) is 3.55. The summed E-state index contributed by atoms with van der Waals surface area (Å²) >= 11 is 0. The Labute approximate surface area is 88.5 Å². The maximum atomic E-state index is 12.5. The molecule has 0 unspecified atom stereocenters. The van der Waals surface area contributed by atoms with Crippen LogP contribution in [0.3, 0.4) is 0 Å². The third kappa shape index (κ3) is 1.73. The number of rotatable bonds is 1. The van der Waals surface area contributed by atoms with Crippen LogP contribution in [-0.2, 0) is 11.3 Å². The molecule has 0 amide bonds. The minimum Gasteiger partial charge on any atom is -0.267 e. The molecular formula is C10H6F3N2O. The van der Waals surface area contributed by atoms with Crippen molar-refractivity contribution in [3.63, 3.8) is 0 Å². The van der Waals surface area contributed by atoms with Gasteiger partial charge in [-0.1, -0.05) is 30.3 Å². The van der Waals surface area contributed by atoms with Gasteiger partial charge < -0.3 is 0 Å². The molecule has 3 nitrogen and oxygen atoms in total. The number of hydrogen-bond acceptors (Lipinski definition) is 1. The van der Waals surface area contributed by atoms with Crippen LogP contribution >= 0.6 is 0 Å². The molecule has 1 radical (unpaired) electrons. The van der Waals surface area contributed by atoms with Gasteiger partial charge in [-0.25, -0.2) is 5.10 Å². The number of benzene rings is 1. The van der Waals surface area contributed by atoms with Crippen LogP contribution in [0.15, 0.2) is 30.3 Å². The summed E-state index contributed by atoms with van der Waals surface area (Å²) < 4.78 is 37.6. The van der Waals surface area contributed by atoms with Crippen LogP contribution in [-0.4, -0.2) is 10.2 Å². The van der Waals surface area contributed by atoms with Crippen molar-refractivity contribution in [2.75, 3.05) is 0 Å². The first-order valence-corrected chi connectivity index (χ1v) is 4.38. The standard InChI is InChI=1S/C10H6F3N2O/c11-10(12,13)8-7(9(16)15-14-8)6-4-2-1-3-5-6/h1-5H,(H,14,15). The highest BCUT2D eigenvalue weighted by Crippen LogP contribution is 2.39. The summed E-state index contributed by atoms with van der Waals surface area (Å²) in [6, 6.07) is 7.63. The van der Waals surface area contributed by atoms with Crippen molar-refractivity contribution in [3.8, 4) is 17.0 Å². The fourth-order valence-corrected chi connectivity index (χ4v) is 1.40. The molecule has 0 atom stereocenters. The lowest BCUT2D eigenvalue weighted by Crippen LogP contribution is -2.07. The van der Waals surface area contributed by atoms with Gasteiger partial charge in [0, 0.05) is 0 Å². The van der Waals surface area contributed by atoms with E-state index in [0.29, 0.717) is 0 Å². The lowest BCUT2D eigenvalue weighted by Gasteiger charge is -2.05. The summed E-state index contributed by atoms with van der Waals surface area (Å²) in [5, 5.41) is 16.1. The highest BCUT2D eigenvalue weighted by atomic mass is 19.4. The van der Waals surface area contributed by atoms with E-state index in [0.717, 1.165) is 0 Å². The third-order valence-corrected chi connectivity index (χ3v) is 2.06. The summed E-state index contributed by atoms with van der Waals surface area (Å²) in [6.45, 7) is 0. The zero-order valence-corrected chi connectivity index (χ0v) is 7.88. The van der Waals surface area contributed by atoms with Gasteiger partial charge in [-0.05, 0) is 5.56 Å². The van der Waals surface area contributed by atoms with Crippen molar-refractivity contribution < 1.29 is 18.3 Å². The normalized spacial score (nSPS) is 11.7. The van der Waals surface area contributed by atoms with E-state index in [-0.39, 0.29) is 5.56 Å². The van der Waals surface area contributed by atoms with Gasteiger partial charge in [0.05, 0.1) is 5.56 Å². The summed E-state index contributed by atoms with van der Waals surface area (Å²) in [6.07, 6.45) is -4.63. The SMILES string of the molecule is [O]c1[nH]nc(C(F)(F)F)c1-c1ccccc1. The van der Waals surface area contributed by atoms with Crippen LogP contribution in [0.1, 0.15) is 5.69 Å². The van der Waals surface area contributed by atoms with Crippen molar-refractivity contribution in [3.05, 3.63) is 36.0 Å². The second-order valence-corrected chi connectivity index (χ2v) is 3.14. The fourth-order valence-electron chi connectivity index (χ4n) is 1.40. The summed E-state index contributed by atoms with van der Waals surface area (Å²) in [5.74, 6) is -0.835. The number of alkyl halides is 3. The van der Waals surface area contributed by atoms with Gasteiger partial charge in [0.1, 0.15) is 0 Å². The number of aromatic nitrogens is 2. The minimum absolute atomic E-state index is 0.202. The van der Waals surface area contributed by atoms with Gasteiger partial charge in [0.25, 0.3) is 5.88 Å². The van der Waals surface area contributed by atoms with Crippen molar-refractivity contribution in [1.29, 1.82) is 0 Å². The number of hydrogen-bond donors (Lipinski definition) is 1. The van der Waals surface area contributed by atoms with Crippen molar-refractivity contribution in [1.82, 2.24) is 10.2 Å². The van der Waals surface area contributed by atoms with Crippen LogP contribution in [0, 0.1) is 0 Å². The number of halogens is 3. The lowest BCUT2D eigenvalue weighted by molar-refractivity contribution is -0.140. The molecule has 0 spiro atoms. The van der Waals surface area contributed by atoms with E-state index in [4.69, 9.17) is 0 Å². The van der Waals surface area contributed by atoms with E-state index in [1.807, 2.05) is 5.10 Å². The second-order valence-electron chi connectivity index (χ2n) is 3.14. The molecule has 0 saturated carbocycles. The molecule has 0 aliphatic rings. The maximum absolute atomic E-state index is 12.5. The Morgan fingerprint density at radius 3 is 2.31 bits per heavy atom. The smallest absolute Gasteiger partial charge is 0.267 e. The molecule has 2 aromatic rings. The van der Waals surface area contributed by atoms with Crippen LogP contribution in [0.4, 0.5) is 13.2 Å². The predicted octanol–water partition coefficient (Wildman–Crippen LogP) is 3.24. The van der Waals surface area contributed by atoms with Gasteiger partial charge in [-0.3, -0.25) is 5.11 Å². The molecule has 0 aliphatic heterocycles. The summed E-state index contributed by atoms with van der Waals surface area (Å²) in [7, 11) is 0. The van der Waals surface area contributed by atoms with Gasteiger partial charge in [0.2, 0.25) is 0 Å². The van der Waals surface area contributed by atoms with Gasteiger partial charge in [-0.2, -0.15) is 18.3 Å². The Morgan fingerprint density at radius 2 is 1.75 bits per heavy atom. The molecule has 2 rings (SSSR count).